The summed E-state index contributed by atoms with van der Waals surface area (Å²) in [4.78, 5) is 8.39. The van der Waals surface area contributed by atoms with Gasteiger partial charge in [-0.15, -0.1) is 0 Å². The van der Waals surface area contributed by atoms with Gasteiger partial charge in [0.25, 0.3) is 5.96 Å². The van der Waals surface area contributed by atoms with Gasteiger partial charge in [0.15, 0.2) is 0 Å². The third-order valence-electron chi connectivity index (χ3n) is 5.61. The fourth-order valence-corrected chi connectivity index (χ4v) is 6.74. The summed E-state index contributed by atoms with van der Waals surface area (Å²) in [5.41, 5.74) is 9.72. The van der Waals surface area contributed by atoms with Gasteiger partial charge in [0.05, 0.1) is 13.2 Å². The number of hydrogen-bond acceptors (Lipinski definition) is 9. The summed E-state index contributed by atoms with van der Waals surface area (Å²) in [6.45, 7) is 4.67. The van der Waals surface area contributed by atoms with Gasteiger partial charge in [0.2, 0.25) is 10.0 Å². The number of ether oxygens (including phenoxy) is 1. The first kappa shape index (κ1) is 31.8. The zero-order valence-corrected chi connectivity index (χ0v) is 24.6. The van der Waals surface area contributed by atoms with Crippen LogP contribution in [-0.2, 0) is 35.7 Å². The Morgan fingerprint density at radius 2 is 1.73 bits per heavy atom. The van der Waals surface area contributed by atoms with Gasteiger partial charge >= 0.3 is 10.1 Å². The molecule has 0 saturated heterocycles. The smallest absolute Gasteiger partial charge is 0.359 e. The molecule has 0 radical (unpaired) electrons. The highest BCUT2D eigenvalue weighted by molar-refractivity contribution is 7.91. The molecule has 0 bridgehead atoms. The Balaban J connectivity index is 1.60. The van der Waals surface area contributed by atoms with E-state index in [4.69, 9.17) is 19.6 Å². The Bertz CT molecular complexity index is 1500. The van der Waals surface area contributed by atoms with E-state index in [1.54, 1.807) is 18.3 Å². The quantitative estimate of drug-likeness (QED) is 0.107. The van der Waals surface area contributed by atoms with E-state index in [0.717, 1.165) is 17.4 Å². The van der Waals surface area contributed by atoms with Crippen molar-refractivity contribution in [2.24, 2.45) is 10.9 Å². The highest BCUT2D eigenvalue weighted by atomic mass is 32.2. The molecule has 14 heteroatoms. The lowest BCUT2D eigenvalue weighted by molar-refractivity contribution is 0.0719. The zero-order valence-electron chi connectivity index (χ0n) is 23.0. The Hall–Kier alpha value is -3.72. The molecule has 0 atom stereocenters. The summed E-state index contributed by atoms with van der Waals surface area (Å²) in [5, 5.41) is 3.35. The average molecular weight is 606 g/mol. The molecule has 0 fully saturated rings. The van der Waals surface area contributed by atoms with Crippen LogP contribution in [0.2, 0.25) is 0 Å². The lowest BCUT2D eigenvalue weighted by Gasteiger charge is -2.22. The Morgan fingerprint density at radius 3 is 2.44 bits per heavy atom. The Morgan fingerprint density at radius 1 is 0.976 bits per heavy atom. The van der Waals surface area contributed by atoms with E-state index < -0.39 is 35.9 Å². The predicted octanol–water partition coefficient (Wildman–Crippen LogP) is 2.96. The van der Waals surface area contributed by atoms with Gasteiger partial charge in [-0.25, -0.2) is 13.9 Å². The topological polar surface area (TPSA) is 163 Å². The van der Waals surface area contributed by atoms with Gasteiger partial charge < -0.3 is 10.5 Å². The van der Waals surface area contributed by atoms with Crippen molar-refractivity contribution in [2.75, 3.05) is 26.3 Å². The Kier molecular flexibility index (Phi) is 11.9. The predicted molar refractivity (Wildman–Crippen MR) is 154 cm³/mol. The number of rotatable bonds is 16. The first-order chi connectivity index (χ1) is 19.6. The number of aromatic nitrogens is 1. The fraction of sp³-hybridized carbons (Fsp3) is 0.333. The van der Waals surface area contributed by atoms with Gasteiger partial charge in [-0.3, -0.25) is 14.1 Å². The normalized spacial score (nSPS) is 12.3. The van der Waals surface area contributed by atoms with Crippen LogP contribution in [-0.4, -0.2) is 58.4 Å². The monoisotopic (exact) mass is 605 g/mol. The van der Waals surface area contributed by atoms with E-state index in [9.17, 15) is 16.8 Å². The van der Waals surface area contributed by atoms with E-state index >= 15 is 0 Å². The molecule has 0 unspecified atom stereocenters. The molecule has 12 nitrogen and oxygen atoms in total. The van der Waals surface area contributed by atoms with Crippen LogP contribution in [0, 0.1) is 6.92 Å². The van der Waals surface area contributed by atoms with Crippen molar-refractivity contribution >= 4 is 26.1 Å². The van der Waals surface area contributed by atoms with Gasteiger partial charge in [0, 0.05) is 37.8 Å². The molecule has 0 aliphatic heterocycles. The van der Waals surface area contributed by atoms with E-state index in [-0.39, 0.29) is 19.7 Å². The van der Waals surface area contributed by atoms with Crippen LogP contribution in [0.15, 0.2) is 87.9 Å². The highest BCUT2D eigenvalue weighted by Crippen LogP contribution is 2.26. The third kappa shape index (κ3) is 9.70. The molecule has 222 valence electrons. The van der Waals surface area contributed by atoms with E-state index in [1.807, 2.05) is 44.2 Å². The molecular weight excluding hydrogens is 570 g/mol. The lowest BCUT2D eigenvalue weighted by Crippen LogP contribution is -2.35. The van der Waals surface area contributed by atoms with E-state index in [1.165, 1.54) is 22.5 Å². The summed E-state index contributed by atoms with van der Waals surface area (Å²) in [5.74, 6) is 0.266. The van der Waals surface area contributed by atoms with Crippen molar-refractivity contribution in [1.29, 1.82) is 0 Å². The van der Waals surface area contributed by atoms with Crippen LogP contribution < -0.4 is 16.0 Å². The van der Waals surface area contributed by atoms with Crippen molar-refractivity contribution in [3.8, 4) is 5.75 Å². The molecule has 0 aliphatic carbocycles. The number of sulfonamides is 1. The molecule has 0 spiro atoms. The minimum Gasteiger partial charge on any atom is -0.493 e. The number of nitrogens with zero attached hydrogens (tertiary/aromatic N) is 3. The number of benzene rings is 2. The number of hydroxylamine groups is 1. The molecule has 1 aromatic heterocycles. The molecule has 1 heterocycles. The number of hydrogen-bond donors (Lipinski definition) is 2. The number of guanidine groups is 1. The second kappa shape index (κ2) is 15.3. The van der Waals surface area contributed by atoms with Crippen molar-refractivity contribution in [3.05, 3.63) is 84.2 Å². The van der Waals surface area contributed by atoms with Crippen LogP contribution in [0.5, 0.6) is 5.75 Å². The molecule has 0 aliphatic rings. The first-order valence-corrected chi connectivity index (χ1v) is 15.8. The maximum atomic E-state index is 13.6. The number of aryl methyl sites for hydroxylation is 1. The Labute approximate surface area is 241 Å². The van der Waals surface area contributed by atoms with Crippen LogP contribution in [0.25, 0.3) is 0 Å². The van der Waals surface area contributed by atoms with Crippen LogP contribution in [0.1, 0.15) is 31.0 Å². The third-order valence-corrected chi connectivity index (χ3v) is 8.86. The van der Waals surface area contributed by atoms with Gasteiger partial charge in [-0.05, 0) is 60.5 Å². The fourth-order valence-electron chi connectivity index (χ4n) is 3.69. The molecule has 3 aromatic rings. The van der Waals surface area contributed by atoms with Crippen LogP contribution in [0.4, 0.5) is 0 Å². The number of nitrogens with one attached hydrogen (secondary N) is 1. The average Bonchev–Trinajstić information content (AvgIpc) is 2.96. The van der Waals surface area contributed by atoms with E-state index in [0.29, 0.717) is 31.6 Å². The van der Waals surface area contributed by atoms with Crippen molar-refractivity contribution < 1.29 is 30.7 Å². The molecule has 2 aromatic carbocycles. The molecule has 41 heavy (non-hydrogen) atoms. The second-order valence-corrected chi connectivity index (χ2v) is 12.3. The van der Waals surface area contributed by atoms with Crippen LogP contribution >= 0.6 is 0 Å². The van der Waals surface area contributed by atoms with E-state index in [2.05, 4.69) is 15.6 Å². The maximum absolute atomic E-state index is 13.6. The summed E-state index contributed by atoms with van der Waals surface area (Å²) in [7, 11) is -8.88. The summed E-state index contributed by atoms with van der Waals surface area (Å²) < 4.78 is 64.6. The lowest BCUT2D eigenvalue weighted by atomic mass is 10.2. The molecule has 0 amide bonds. The molecule has 3 N–H and O–H groups in total. The largest absolute Gasteiger partial charge is 0.493 e. The molecule has 0 saturated carbocycles. The van der Waals surface area contributed by atoms with Crippen molar-refractivity contribution in [3.63, 3.8) is 0 Å². The minimum absolute atomic E-state index is 0.116. The standard InChI is InChI=1S/C27H35N5O7S2/c1-3-17-32(18-15-23-11-6-7-16-29-23)40(33,34)25-13-4-5-14-26(25)41(35,36)39-31-27(28)30-38-20-9-19-37-24-12-8-10-22(2)21-24/h4-8,10-14,16,21H,3,9,15,17-20H2,1-2H3,(H3,28,30,31). The molecular formula is C27H35N5O7S2. The van der Waals surface area contributed by atoms with Crippen molar-refractivity contribution in [1.82, 2.24) is 14.8 Å². The van der Waals surface area contributed by atoms with Gasteiger partial charge in [-0.2, -0.15) is 12.7 Å². The van der Waals surface area contributed by atoms with Gasteiger partial charge in [-0.1, -0.05) is 37.3 Å². The highest BCUT2D eigenvalue weighted by Gasteiger charge is 2.32. The first-order valence-electron chi connectivity index (χ1n) is 13.0. The SMILES string of the molecule is CCCN(CCc1ccccn1)S(=O)(=O)c1ccccc1S(=O)(=O)O/N=C(\N)NOCCCOc1cccc(C)c1. The minimum atomic E-state index is -4.66. The summed E-state index contributed by atoms with van der Waals surface area (Å²) in [6, 6.07) is 18.2. The summed E-state index contributed by atoms with van der Waals surface area (Å²) >= 11 is 0. The number of pyridine rings is 1. The second-order valence-electron chi connectivity index (χ2n) is 8.90. The van der Waals surface area contributed by atoms with Crippen LogP contribution in [0.3, 0.4) is 0 Å². The zero-order chi connectivity index (χ0) is 29.7. The van der Waals surface area contributed by atoms with Crippen molar-refractivity contribution in [2.45, 2.75) is 42.9 Å². The molecule has 3 rings (SSSR count). The van der Waals surface area contributed by atoms with Gasteiger partial charge in [0.1, 0.15) is 15.5 Å². The summed E-state index contributed by atoms with van der Waals surface area (Å²) in [6.07, 6.45) is 3.02. The number of nitrogens with two attached hydrogens (primary N) is 1. The number of oxime groups is 1. The maximum Gasteiger partial charge on any atom is 0.359 e.